The summed E-state index contributed by atoms with van der Waals surface area (Å²) in [7, 11) is 1.39. The minimum atomic E-state index is -0.333. The molecule has 0 radical (unpaired) electrons. The molecule has 1 fully saturated rings. The van der Waals surface area contributed by atoms with Crippen molar-refractivity contribution in [2.24, 2.45) is 0 Å². The Morgan fingerprint density at radius 1 is 1.21 bits per heavy atom. The molecule has 3 heterocycles. The largest absolute Gasteiger partial charge is 0.466 e. The van der Waals surface area contributed by atoms with Crippen LogP contribution in [-0.4, -0.2) is 40.7 Å². The van der Waals surface area contributed by atoms with Gasteiger partial charge in [0.25, 0.3) is 0 Å². The third-order valence-corrected chi connectivity index (χ3v) is 5.72. The molecule has 4 rings (SSSR count). The van der Waals surface area contributed by atoms with Crippen LogP contribution < -0.4 is 0 Å². The van der Waals surface area contributed by atoms with E-state index in [2.05, 4.69) is 51.1 Å². The van der Waals surface area contributed by atoms with E-state index in [0.29, 0.717) is 6.04 Å². The molecule has 0 bridgehead atoms. The number of nitrogens with zero attached hydrogens (tertiary/aromatic N) is 3. The average Bonchev–Trinajstić information content (AvgIpc) is 3.20. The van der Waals surface area contributed by atoms with Crippen molar-refractivity contribution in [2.75, 3.05) is 20.2 Å². The fourth-order valence-corrected chi connectivity index (χ4v) is 4.14. The number of carbonyl (C=O) groups excluding carboxylic acids is 1. The van der Waals surface area contributed by atoms with E-state index in [9.17, 15) is 4.79 Å². The Labute approximate surface area is 171 Å². The Morgan fingerprint density at radius 3 is 2.90 bits per heavy atom. The molecule has 1 aliphatic heterocycles. The number of benzene rings is 1. The Morgan fingerprint density at radius 2 is 2.07 bits per heavy atom. The van der Waals surface area contributed by atoms with Crippen LogP contribution in [-0.2, 0) is 16.0 Å². The molecule has 1 aliphatic rings. The zero-order valence-corrected chi connectivity index (χ0v) is 16.8. The van der Waals surface area contributed by atoms with Gasteiger partial charge in [-0.2, -0.15) is 5.10 Å². The van der Waals surface area contributed by atoms with Gasteiger partial charge in [-0.05, 0) is 60.7 Å². The van der Waals surface area contributed by atoms with Crippen LogP contribution in [0.5, 0.6) is 0 Å². The zero-order chi connectivity index (χ0) is 20.1. The van der Waals surface area contributed by atoms with Crippen LogP contribution in [0.4, 0.5) is 0 Å². The summed E-state index contributed by atoms with van der Waals surface area (Å²) in [6.45, 7) is 2.17. The van der Waals surface area contributed by atoms with Crippen molar-refractivity contribution in [3.63, 3.8) is 0 Å². The number of ether oxygens (including phenoxy) is 1. The van der Waals surface area contributed by atoms with Gasteiger partial charge in [-0.15, -0.1) is 0 Å². The second kappa shape index (κ2) is 9.05. The van der Waals surface area contributed by atoms with Gasteiger partial charge in [-0.25, -0.2) is 9.31 Å². The molecule has 1 aromatic carbocycles. The van der Waals surface area contributed by atoms with Crippen molar-refractivity contribution in [3.05, 3.63) is 77.6 Å². The van der Waals surface area contributed by atoms with E-state index in [0.717, 1.165) is 25.1 Å². The van der Waals surface area contributed by atoms with Crippen molar-refractivity contribution < 1.29 is 9.53 Å². The van der Waals surface area contributed by atoms with Gasteiger partial charge >= 0.3 is 5.97 Å². The molecular weight excluding hydrogens is 362 g/mol. The highest BCUT2D eigenvalue weighted by atomic mass is 16.5. The number of hydrogen-bond donors (Lipinski definition) is 0. The van der Waals surface area contributed by atoms with E-state index in [1.807, 2.05) is 23.0 Å². The summed E-state index contributed by atoms with van der Waals surface area (Å²) in [5.74, 6) is -0.333. The number of esters is 1. The van der Waals surface area contributed by atoms with Crippen LogP contribution in [0.15, 0.2) is 60.9 Å². The quantitative estimate of drug-likeness (QED) is 0.466. The summed E-state index contributed by atoms with van der Waals surface area (Å²) in [5.41, 5.74) is 4.86. The number of methoxy groups -OCH3 is 1. The van der Waals surface area contributed by atoms with Gasteiger partial charge in [0.05, 0.1) is 18.8 Å². The predicted octanol–water partition coefficient (Wildman–Crippen LogP) is 4.29. The molecule has 29 heavy (non-hydrogen) atoms. The highest BCUT2D eigenvalue weighted by Crippen LogP contribution is 2.31. The summed E-state index contributed by atoms with van der Waals surface area (Å²) < 4.78 is 6.60. The van der Waals surface area contributed by atoms with Crippen LogP contribution in [0.2, 0.25) is 0 Å². The summed E-state index contributed by atoms with van der Waals surface area (Å²) in [6.07, 6.45) is 12.0. The molecule has 5 heteroatoms. The van der Waals surface area contributed by atoms with E-state index >= 15 is 0 Å². The first-order valence-electron chi connectivity index (χ1n) is 10.3. The number of rotatable bonds is 6. The first-order valence-corrected chi connectivity index (χ1v) is 10.3. The Bertz CT molecular complexity index is 991. The minimum Gasteiger partial charge on any atom is -0.466 e. The van der Waals surface area contributed by atoms with E-state index in [4.69, 9.17) is 0 Å². The summed E-state index contributed by atoms with van der Waals surface area (Å²) in [5, 5.41) is 4.46. The minimum absolute atomic E-state index is 0.333. The lowest BCUT2D eigenvalue weighted by Crippen LogP contribution is -2.35. The smallest absolute Gasteiger partial charge is 0.330 e. The zero-order valence-electron chi connectivity index (χ0n) is 16.8. The van der Waals surface area contributed by atoms with E-state index < -0.39 is 0 Å². The molecule has 0 aliphatic carbocycles. The number of likely N-dealkylation sites (tertiary alicyclic amines) is 1. The number of aromatic nitrogens is 2. The molecule has 1 saturated heterocycles. The van der Waals surface area contributed by atoms with Crippen molar-refractivity contribution in [1.29, 1.82) is 0 Å². The van der Waals surface area contributed by atoms with Crippen LogP contribution in [0.1, 0.15) is 42.0 Å². The molecule has 3 aromatic rings. The average molecular weight is 389 g/mol. The summed E-state index contributed by atoms with van der Waals surface area (Å²) in [4.78, 5) is 13.9. The molecule has 2 aromatic heterocycles. The fourth-order valence-electron chi connectivity index (χ4n) is 4.14. The van der Waals surface area contributed by atoms with Gasteiger partial charge in [0.15, 0.2) is 0 Å². The standard InChI is InChI=1S/C24H27N3O2/c1-29-24(28)13-10-19-8-11-20(12-9-19)22-6-2-4-15-26(22)17-14-21-18-25-27-16-5-3-7-23(21)27/h3,5,7-13,16,18,22H,2,4,6,14-15,17H2,1H3/t22-/m0/s1. The maximum Gasteiger partial charge on any atom is 0.330 e. The van der Waals surface area contributed by atoms with Crippen molar-refractivity contribution in [2.45, 2.75) is 31.7 Å². The van der Waals surface area contributed by atoms with Gasteiger partial charge in [0.1, 0.15) is 0 Å². The van der Waals surface area contributed by atoms with Gasteiger partial charge < -0.3 is 4.74 Å². The van der Waals surface area contributed by atoms with Crippen LogP contribution >= 0.6 is 0 Å². The molecule has 5 nitrogen and oxygen atoms in total. The first-order chi connectivity index (χ1) is 14.2. The fraction of sp³-hybridized carbons (Fsp3) is 0.333. The Balaban J connectivity index is 1.44. The lowest BCUT2D eigenvalue weighted by Gasteiger charge is -2.36. The summed E-state index contributed by atoms with van der Waals surface area (Å²) >= 11 is 0. The highest BCUT2D eigenvalue weighted by Gasteiger charge is 2.23. The van der Waals surface area contributed by atoms with E-state index in [-0.39, 0.29) is 5.97 Å². The van der Waals surface area contributed by atoms with Crippen molar-refractivity contribution >= 4 is 17.6 Å². The molecular formula is C24H27N3O2. The number of pyridine rings is 1. The lowest BCUT2D eigenvalue weighted by molar-refractivity contribution is -0.134. The van der Waals surface area contributed by atoms with Crippen molar-refractivity contribution in [1.82, 2.24) is 14.5 Å². The van der Waals surface area contributed by atoms with Gasteiger partial charge in [-0.1, -0.05) is 36.8 Å². The molecule has 0 amide bonds. The van der Waals surface area contributed by atoms with Crippen LogP contribution in [0, 0.1) is 0 Å². The van der Waals surface area contributed by atoms with E-state index in [1.54, 1.807) is 6.08 Å². The second-order valence-corrected chi connectivity index (χ2v) is 7.52. The molecule has 1 atom stereocenters. The lowest BCUT2D eigenvalue weighted by atomic mass is 9.94. The van der Waals surface area contributed by atoms with Crippen molar-refractivity contribution in [3.8, 4) is 0 Å². The maximum atomic E-state index is 11.3. The predicted molar refractivity (Wildman–Crippen MR) is 115 cm³/mol. The number of piperidine rings is 1. The third kappa shape index (κ3) is 4.57. The normalized spacial score (nSPS) is 17.8. The summed E-state index contributed by atoms with van der Waals surface area (Å²) in [6, 6.07) is 15.2. The monoisotopic (exact) mass is 389 g/mol. The molecule has 0 unspecified atom stereocenters. The second-order valence-electron chi connectivity index (χ2n) is 7.52. The van der Waals surface area contributed by atoms with Crippen LogP contribution in [0.3, 0.4) is 0 Å². The van der Waals surface area contributed by atoms with Gasteiger partial charge in [0, 0.05) is 24.9 Å². The topological polar surface area (TPSA) is 46.8 Å². The van der Waals surface area contributed by atoms with Gasteiger partial charge in [-0.3, -0.25) is 4.90 Å². The van der Waals surface area contributed by atoms with Gasteiger partial charge in [0.2, 0.25) is 0 Å². The maximum absolute atomic E-state index is 11.3. The van der Waals surface area contributed by atoms with E-state index in [1.165, 1.54) is 49.1 Å². The molecule has 0 saturated carbocycles. The number of fused-ring (bicyclic) bond motifs is 1. The molecule has 150 valence electrons. The Kier molecular flexibility index (Phi) is 6.06. The third-order valence-electron chi connectivity index (χ3n) is 5.72. The number of hydrogen-bond acceptors (Lipinski definition) is 4. The van der Waals surface area contributed by atoms with Crippen LogP contribution in [0.25, 0.3) is 11.6 Å². The highest BCUT2D eigenvalue weighted by molar-refractivity contribution is 5.86. The SMILES string of the molecule is COC(=O)C=Cc1ccc([C@@H]2CCCCN2CCc2cnn3ccccc23)cc1. The first kappa shape index (κ1) is 19.4. The Hall–Kier alpha value is -2.92. The molecule has 0 N–H and O–H groups in total. The number of carbonyl (C=O) groups is 1. The molecule has 0 spiro atoms.